The maximum Gasteiger partial charge on any atom is 0.0462 e. The molecule has 0 aromatic heterocycles. The number of alkyl halides is 1. The summed E-state index contributed by atoms with van der Waals surface area (Å²) in [5.74, 6) is 0.572. The Labute approximate surface area is 138 Å². The van der Waals surface area contributed by atoms with Crippen molar-refractivity contribution >= 4 is 39.1 Å². The molecule has 4 heteroatoms. The molecular weight excluding hydrogens is 357 g/mol. The van der Waals surface area contributed by atoms with Gasteiger partial charge in [-0.2, -0.15) is 0 Å². The summed E-state index contributed by atoms with van der Waals surface area (Å²) in [5.41, 5.74) is 2.37. The molecule has 0 aliphatic heterocycles. The lowest BCUT2D eigenvalue weighted by atomic mass is 10.1. The van der Waals surface area contributed by atoms with Crippen molar-refractivity contribution in [1.82, 2.24) is 5.32 Å². The van der Waals surface area contributed by atoms with E-state index in [1.54, 1.807) is 0 Å². The lowest BCUT2D eigenvalue weighted by Gasteiger charge is -2.17. The van der Waals surface area contributed by atoms with Crippen molar-refractivity contribution in [3.63, 3.8) is 0 Å². The molecular formula is C16H16BrCl2N. The SMILES string of the molecule is ClCC(Cc1ccccc1)NCc1ccc(Br)cc1Cl. The van der Waals surface area contributed by atoms with Gasteiger partial charge in [0, 0.05) is 28.0 Å². The summed E-state index contributed by atoms with van der Waals surface area (Å²) in [7, 11) is 0. The van der Waals surface area contributed by atoms with Crippen LogP contribution in [-0.2, 0) is 13.0 Å². The Morgan fingerprint density at radius 1 is 1.10 bits per heavy atom. The van der Waals surface area contributed by atoms with Gasteiger partial charge in [0.2, 0.25) is 0 Å². The predicted octanol–water partition coefficient (Wildman–Crippen LogP) is 5.04. The van der Waals surface area contributed by atoms with E-state index in [-0.39, 0.29) is 6.04 Å². The minimum Gasteiger partial charge on any atom is -0.308 e. The molecule has 1 nitrogen and oxygen atoms in total. The molecule has 0 bridgehead atoms. The number of nitrogens with one attached hydrogen (secondary N) is 1. The van der Waals surface area contributed by atoms with E-state index in [0.717, 1.165) is 28.0 Å². The molecule has 2 aromatic rings. The van der Waals surface area contributed by atoms with Crippen molar-refractivity contribution in [2.24, 2.45) is 0 Å². The zero-order chi connectivity index (χ0) is 14.4. The Bertz CT molecular complexity index is 545. The summed E-state index contributed by atoms with van der Waals surface area (Å²) >= 11 is 15.7. The van der Waals surface area contributed by atoms with Gasteiger partial charge in [-0.15, -0.1) is 11.6 Å². The largest absolute Gasteiger partial charge is 0.308 e. The smallest absolute Gasteiger partial charge is 0.0462 e. The van der Waals surface area contributed by atoms with Crippen LogP contribution in [0.1, 0.15) is 11.1 Å². The first-order chi connectivity index (χ1) is 9.69. The average Bonchev–Trinajstić information content (AvgIpc) is 2.46. The fourth-order valence-corrected chi connectivity index (χ4v) is 2.96. The highest BCUT2D eigenvalue weighted by molar-refractivity contribution is 9.10. The zero-order valence-corrected chi connectivity index (χ0v) is 14.0. The highest BCUT2D eigenvalue weighted by Gasteiger charge is 2.09. The molecule has 2 aromatic carbocycles. The predicted molar refractivity (Wildman–Crippen MR) is 90.6 cm³/mol. The van der Waals surface area contributed by atoms with Crippen LogP contribution in [0.3, 0.4) is 0 Å². The molecule has 0 amide bonds. The summed E-state index contributed by atoms with van der Waals surface area (Å²) in [6.07, 6.45) is 0.915. The van der Waals surface area contributed by atoms with Crippen molar-refractivity contribution in [2.75, 3.05) is 5.88 Å². The molecule has 1 atom stereocenters. The normalized spacial score (nSPS) is 12.3. The van der Waals surface area contributed by atoms with E-state index < -0.39 is 0 Å². The molecule has 0 fully saturated rings. The average molecular weight is 373 g/mol. The molecule has 0 radical (unpaired) electrons. The van der Waals surface area contributed by atoms with E-state index in [4.69, 9.17) is 23.2 Å². The van der Waals surface area contributed by atoms with Crippen LogP contribution in [0.5, 0.6) is 0 Å². The second-order valence-corrected chi connectivity index (χ2v) is 6.29. The van der Waals surface area contributed by atoms with Gasteiger partial charge in [0.25, 0.3) is 0 Å². The van der Waals surface area contributed by atoms with Crippen molar-refractivity contribution in [2.45, 2.75) is 19.0 Å². The molecule has 1 unspecified atom stereocenters. The minimum atomic E-state index is 0.235. The van der Waals surface area contributed by atoms with E-state index in [0.29, 0.717) is 5.88 Å². The van der Waals surface area contributed by atoms with Crippen LogP contribution in [0.4, 0.5) is 0 Å². The lowest BCUT2D eigenvalue weighted by Crippen LogP contribution is -2.32. The Kier molecular flexibility index (Phi) is 6.37. The zero-order valence-electron chi connectivity index (χ0n) is 11.0. The monoisotopic (exact) mass is 371 g/mol. The molecule has 0 saturated carbocycles. The van der Waals surface area contributed by atoms with Crippen molar-refractivity contribution in [3.05, 3.63) is 69.2 Å². The van der Waals surface area contributed by atoms with E-state index in [2.05, 4.69) is 33.4 Å². The van der Waals surface area contributed by atoms with Crippen molar-refractivity contribution in [3.8, 4) is 0 Å². The van der Waals surface area contributed by atoms with Gasteiger partial charge in [-0.3, -0.25) is 0 Å². The third-order valence-electron chi connectivity index (χ3n) is 3.11. The third kappa shape index (κ3) is 4.78. The fraction of sp³-hybridized carbons (Fsp3) is 0.250. The Morgan fingerprint density at radius 2 is 1.85 bits per heavy atom. The highest BCUT2D eigenvalue weighted by Crippen LogP contribution is 2.21. The van der Waals surface area contributed by atoms with Crippen LogP contribution in [0.25, 0.3) is 0 Å². The van der Waals surface area contributed by atoms with Crippen LogP contribution in [0.15, 0.2) is 53.0 Å². The first kappa shape index (κ1) is 15.8. The highest BCUT2D eigenvalue weighted by atomic mass is 79.9. The molecule has 0 saturated heterocycles. The molecule has 0 aliphatic rings. The second-order valence-electron chi connectivity index (χ2n) is 4.66. The Morgan fingerprint density at radius 3 is 2.50 bits per heavy atom. The Hall–Kier alpha value is -0.540. The maximum absolute atomic E-state index is 6.21. The summed E-state index contributed by atoms with van der Waals surface area (Å²) in [6.45, 7) is 0.719. The number of rotatable bonds is 6. The maximum atomic E-state index is 6.21. The molecule has 2 rings (SSSR count). The molecule has 20 heavy (non-hydrogen) atoms. The number of benzene rings is 2. The van der Waals surface area contributed by atoms with E-state index in [9.17, 15) is 0 Å². The number of halogens is 3. The van der Waals surface area contributed by atoms with E-state index >= 15 is 0 Å². The van der Waals surface area contributed by atoms with Crippen LogP contribution in [0, 0.1) is 0 Å². The summed E-state index contributed by atoms with van der Waals surface area (Å²) in [6, 6.07) is 16.5. The van der Waals surface area contributed by atoms with E-state index in [1.165, 1.54) is 5.56 Å². The Balaban J connectivity index is 1.93. The number of hydrogen-bond donors (Lipinski definition) is 1. The second kappa shape index (κ2) is 8.04. The molecule has 0 spiro atoms. The third-order valence-corrected chi connectivity index (χ3v) is 4.33. The number of hydrogen-bond acceptors (Lipinski definition) is 1. The van der Waals surface area contributed by atoms with Crippen LogP contribution in [-0.4, -0.2) is 11.9 Å². The summed E-state index contributed by atoms with van der Waals surface area (Å²) in [4.78, 5) is 0. The fourth-order valence-electron chi connectivity index (χ4n) is 2.00. The quantitative estimate of drug-likeness (QED) is 0.700. The first-order valence-electron chi connectivity index (χ1n) is 6.46. The standard InChI is InChI=1S/C16H16BrCl2N/c17-14-7-6-13(16(19)9-14)11-20-15(10-18)8-12-4-2-1-3-5-12/h1-7,9,15,20H,8,10-11H2. The molecule has 106 valence electrons. The summed E-state index contributed by atoms with van der Waals surface area (Å²) in [5, 5.41) is 4.23. The lowest BCUT2D eigenvalue weighted by molar-refractivity contribution is 0.550. The van der Waals surface area contributed by atoms with Gasteiger partial charge in [-0.05, 0) is 29.7 Å². The topological polar surface area (TPSA) is 12.0 Å². The van der Waals surface area contributed by atoms with Gasteiger partial charge >= 0.3 is 0 Å². The molecule has 0 heterocycles. The van der Waals surface area contributed by atoms with Crippen LogP contribution in [0.2, 0.25) is 5.02 Å². The van der Waals surface area contributed by atoms with E-state index in [1.807, 2.05) is 36.4 Å². The van der Waals surface area contributed by atoms with Gasteiger partial charge < -0.3 is 5.32 Å². The first-order valence-corrected chi connectivity index (χ1v) is 8.17. The van der Waals surface area contributed by atoms with Gasteiger partial charge in [0.15, 0.2) is 0 Å². The van der Waals surface area contributed by atoms with Crippen LogP contribution < -0.4 is 5.32 Å². The van der Waals surface area contributed by atoms with Gasteiger partial charge in [0.1, 0.15) is 0 Å². The summed E-state index contributed by atoms with van der Waals surface area (Å²) < 4.78 is 0.990. The van der Waals surface area contributed by atoms with Gasteiger partial charge in [-0.25, -0.2) is 0 Å². The van der Waals surface area contributed by atoms with Crippen molar-refractivity contribution < 1.29 is 0 Å². The molecule has 1 N–H and O–H groups in total. The molecule has 0 aliphatic carbocycles. The van der Waals surface area contributed by atoms with Gasteiger partial charge in [-0.1, -0.05) is 63.9 Å². The van der Waals surface area contributed by atoms with Crippen molar-refractivity contribution in [1.29, 1.82) is 0 Å². The van der Waals surface area contributed by atoms with Crippen LogP contribution >= 0.6 is 39.1 Å². The minimum absolute atomic E-state index is 0.235. The van der Waals surface area contributed by atoms with Gasteiger partial charge in [0.05, 0.1) is 0 Å².